The van der Waals surface area contributed by atoms with Crippen LogP contribution in [0, 0.1) is 6.92 Å². The third-order valence-electron chi connectivity index (χ3n) is 3.54. The summed E-state index contributed by atoms with van der Waals surface area (Å²) in [5.74, 6) is -2.63. The number of rotatable bonds is 3. The Morgan fingerprint density at radius 3 is 3.05 bits per heavy atom. The van der Waals surface area contributed by atoms with Gasteiger partial charge in [-0.05, 0) is 24.6 Å². The van der Waals surface area contributed by atoms with E-state index in [1.54, 1.807) is 0 Å². The minimum Gasteiger partial charge on any atom is -0.348 e. The molecule has 0 radical (unpaired) electrons. The number of hydrogen-bond donors (Lipinski definition) is 3. The number of imidazole rings is 1. The first-order valence-corrected chi connectivity index (χ1v) is 6.77. The number of nitrogens with one attached hydrogen (secondary N) is 3. The summed E-state index contributed by atoms with van der Waals surface area (Å²) in [7, 11) is 0. The molecule has 5 nitrogen and oxygen atoms in total. The fourth-order valence-corrected chi connectivity index (χ4v) is 2.45. The molecule has 3 N–H and O–H groups in total. The maximum absolute atomic E-state index is 13.0. The van der Waals surface area contributed by atoms with Gasteiger partial charge in [0.05, 0.1) is 30.2 Å². The van der Waals surface area contributed by atoms with E-state index in [0.29, 0.717) is 5.82 Å². The van der Waals surface area contributed by atoms with Crippen LogP contribution in [0.3, 0.4) is 0 Å². The van der Waals surface area contributed by atoms with Gasteiger partial charge in [0.2, 0.25) is 5.91 Å². The van der Waals surface area contributed by atoms with Crippen LogP contribution in [0.5, 0.6) is 0 Å². The van der Waals surface area contributed by atoms with Gasteiger partial charge in [-0.2, -0.15) is 0 Å². The molecule has 0 bridgehead atoms. The lowest BCUT2D eigenvalue weighted by atomic mass is 10.2. The van der Waals surface area contributed by atoms with Gasteiger partial charge in [-0.1, -0.05) is 6.07 Å². The largest absolute Gasteiger partial charge is 0.348 e. The molecule has 7 heteroatoms. The lowest BCUT2D eigenvalue weighted by Crippen LogP contribution is -2.40. The van der Waals surface area contributed by atoms with Crippen molar-refractivity contribution in [3.05, 3.63) is 29.6 Å². The minimum absolute atomic E-state index is 0.191. The molecule has 1 amide bonds. The zero-order valence-corrected chi connectivity index (χ0v) is 11.5. The molecule has 1 aromatic carbocycles. The summed E-state index contributed by atoms with van der Waals surface area (Å²) >= 11 is 0. The monoisotopic (exact) mass is 294 g/mol. The standard InChI is InChI=1S/C14H16F2N4O/c1-8-2-3-9-10(4-8)20-12(19-9)6-17-13(21)11-5-14(15,16)7-18-11/h2-4,11,18H,5-7H2,1H3,(H,17,21)(H,19,20). The van der Waals surface area contributed by atoms with Gasteiger partial charge in [-0.3, -0.25) is 10.1 Å². The number of benzene rings is 1. The SMILES string of the molecule is Cc1ccc2nc(CNC(=O)C3CC(F)(F)CN3)[nH]c2c1. The number of carbonyl (C=O) groups is 1. The Morgan fingerprint density at radius 2 is 2.33 bits per heavy atom. The average molecular weight is 294 g/mol. The van der Waals surface area contributed by atoms with E-state index < -0.39 is 30.8 Å². The molecule has 0 aliphatic carbocycles. The molecular formula is C14H16F2N4O. The van der Waals surface area contributed by atoms with Gasteiger partial charge in [0.25, 0.3) is 5.92 Å². The van der Waals surface area contributed by atoms with Gasteiger partial charge in [-0.25, -0.2) is 13.8 Å². The number of aromatic amines is 1. The Bertz CT molecular complexity index is 683. The van der Waals surface area contributed by atoms with E-state index in [0.717, 1.165) is 16.6 Å². The molecule has 21 heavy (non-hydrogen) atoms. The molecule has 1 aromatic heterocycles. The van der Waals surface area contributed by atoms with E-state index in [4.69, 9.17) is 0 Å². The second kappa shape index (κ2) is 5.07. The van der Waals surface area contributed by atoms with Gasteiger partial charge in [0.15, 0.2) is 0 Å². The van der Waals surface area contributed by atoms with Crippen molar-refractivity contribution < 1.29 is 13.6 Å². The second-order valence-corrected chi connectivity index (χ2v) is 5.42. The molecule has 0 saturated carbocycles. The molecule has 1 saturated heterocycles. The smallest absolute Gasteiger partial charge is 0.262 e. The fraction of sp³-hybridized carbons (Fsp3) is 0.429. The highest BCUT2D eigenvalue weighted by Crippen LogP contribution is 2.25. The molecule has 112 valence electrons. The summed E-state index contributed by atoms with van der Waals surface area (Å²) in [4.78, 5) is 19.3. The maximum Gasteiger partial charge on any atom is 0.262 e. The fourth-order valence-electron chi connectivity index (χ4n) is 2.45. The number of nitrogens with zero attached hydrogens (tertiary/aromatic N) is 1. The molecule has 2 aromatic rings. The van der Waals surface area contributed by atoms with Crippen molar-refractivity contribution >= 4 is 16.9 Å². The van der Waals surface area contributed by atoms with Crippen molar-refractivity contribution in [1.82, 2.24) is 20.6 Å². The number of aryl methyl sites for hydroxylation is 1. The van der Waals surface area contributed by atoms with E-state index >= 15 is 0 Å². The van der Waals surface area contributed by atoms with Crippen LogP contribution in [0.15, 0.2) is 18.2 Å². The second-order valence-electron chi connectivity index (χ2n) is 5.42. The summed E-state index contributed by atoms with van der Waals surface area (Å²) in [6, 6.07) is 4.97. The van der Waals surface area contributed by atoms with Gasteiger partial charge in [-0.15, -0.1) is 0 Å². The highest BCUT2D eigenvalue weighted by atomic mass is 19.3. The summed E-state index contributed by atoms with van der Waals surface area (Å²) in [6.07, 6.45) is -0.460. The van der Waals surface area contributed by atoms with E-state index in [9.17, 15) is 13.6 Å². The zero-order valence-electron chi connectivity index (χ0n) is 11.5. The van der Waals surface area contributed by atoms with Gasteiger partial charge >= 0.3 is 0 Å². The predicted molar refractivity (Wildman–Crippen MR) is 74.0 cm³/mol. The molecule has 0 spiro atoms. The Balaban J connectivity index is 1.62. The molecule has 1 aliphatic heterocycles. The first kappa shape index (κ1) is 13.9. The van der Waals surface area contributed by atoms with Gasteiger partial charge in [0, 0.05) is 6.42 Å². The third kappa shape index (κ3) is 3.02. The molecule has 1 fully saturated rings. The lowest BCUT2D eigenvalue weighted by molar-refractivity contribution is -0.123. The van der Waals surface area contributed by atoms with Crippen molar-refractivity contribution in [3.8, 4) is 0 Å². The summed E-state index contributed by atoms with van der Waals surface area (Å²) in [6.45, 7) is 1.72. The van der Waals surface area contributed by atoms with Crippen LogP contribution < -0.4 is 10.6 Å². The predicted octanol–water partition coefficient (Wildman–Crippen LogP) is 1.48. The van der Waals surface area contributed by atoms with E-state index in [1.165, 1.54) is 0 Å². The van der Waals surface area contributed by atoms with Crippen molar-refractivity contribution in [1.29, 1.82) is 0 Å². The number of amides is 1. The van der Waals surface area contributed by atoms with Crippen LogP contribution in [-0.4, -0.2) is 34.4 Å². The summed E-state index contributed by atoms with van der Waals surface area (Å²) in [5.41, 5.74) is 2.82. The Kier molecular flexibility index (Phi) is 3.36. The highest BCUT2D eigenvalue weighted by Gasteiger charge is 2.42. The Morgan fingerprint density at radius 1 is 1.52 bits per heavy atom. The molecule has 1 aliphatic rings. The van der Waals surface area contributed by atoms with E-state index in [1.807, 2.05) is 25.1 Å². The van der Waals surface area contributed by atoms with Crippen molar-refractivity contribution in [3.63, 3.8) is 0 Å². The van der Waals surface area contributed by atoms with Crippen molar-refractivity contribution in [2.45, 2.75) is 31.9 Å². The molecule has 1 unspecified atom stereocenters. The number of fused-ring (bicyclic) bond motifs is 1. The number of alkyl halides is 2. The Labute approximate surface area is 120 Å². The van der Waals surface area contributed by atoms with Crippen LogP contribution in [0.2, 0.25) is 0 Å². The minimum atomic E-state index is -2.81. The zero-order chi connectivity index (χ0) is 15.0. The number of carbonyl (C=O) groups excluding carboxylic acids is 1. The molecular weight excluding hydrogens is 278 g/mol. The van der Waals surface area contributed by atoms with Gasteiger partial charge < -0.3 is 10.3 Å². The van der Waals surface area contributed by atoms with E-state index in [2.05, 4.69) is 20.6 Å². The highest BCUT2D eigenvalue weighted by molar-refractivity contribution is 5.82. The average Bonchev–Trinajstić information content (AvgIpc) is 2.98. The third-order valence-corrected chi connectivity index (χ3v) is 3.54. The summed E-state index contributed by atoms with van der Waals surface area (Å²) in [5, 5.41) is 5.15. The normalized spacial score (nSPS) is 20.8. The van der Waals surface area contributed by atoms with Crippen molar-refractivity contribution in [2.75, 3.05) is 6.54 Å². The lowest BCUT2D eigenvalue weighted by Gasteiger charge is -2.10. The van der Waals surface area contributed by atoms with Crippen molar-refractivity contribution in [2.24, 2.45) is 0 Å². The topological polar surface area (TPSA) is 69.8 Å². The number of halogens is 2. The van der Waals surface area contributed by atoms with Crippen LogP contribution in [0.1, 0.15) is 17.8 Å². The molecule has 1 atom stereocenters. The van der Waals surface area contributed by atoms with Gasteiger partial charge in [0.1, 0.15) is 5.82 Å². The quantitative estimate of drug-likeness (QED) is 0.803. The molecule has 2 heterocycles. The first-order chi connectivity index (χ1) is 9.93. The first-order valence-electron chi connectivity index (χ1n) is 6.77. The maximum atomic E-state index is 13.0. The Hall–Kier alpha value is -2.02. The number of H-pyrrole nitrogens is 1. The number of aromatic nitrogens is 2. The number of hydrogen-bond acceptors (Lipinski definition) is 3. The van der Waals surface area contributed by atoms with Crippen LogP contribution in [0.4, 0.5) is 8.78 Å². The van der Waals surface area contributed by atoms with Crippen LogP contribution in [0.25, 0.3) is 11.0 Å². The summed E-state index contributed by atoms with van der Waals surface area (Å²) < 4.78 is 26.1. The van der Waals surface area contributed by atoms with Crippen LogP contribution >= 0.6 is 0 Å². The van der Waals surface area contributed by atoms with Crippen LogP contribution in [-0.2, 0) is 11.3 Å². The molecule has 3 rings (SSSR count). The van der Waals surface area contributed by atoms with E-state index in [-0.39, 0.29) is 6.54 Å².